The molecule has 4 rings (SSSR count). The first-order chi connectivity index (χ1) is 14.9. The molecule has 3 N–H and O–H groups in total. The van der Waals surface area contributed by atoms with Gasteiger partial charge in [-0.25, -0.2) is 13.9 Å². The molecule has 164 valence electrons. The van der Waals surface area contributed by atoms with E-state index in [0.717, 1.165) is 31.4 Å². The maximum absolute atomic E-state index is 15.4. The van der Waals surface area contributed by atoms with E-state index in [1.165, 1.54) is 4.52 Å². The molecule has 1 aliphatic rings. The van der Waals surface area contributed by atoms with Gasteiger partial charge < -0.3 is 15.7 Å². The third-order valence-electron chi connectivity index (χ3n) is 6.03. The number of fused-ring (bicyclic) bond motifs is 1. The smallest absolute Gasteiger partial charge is 0.272 e. The molecule has 2 aromatic heterocycles. The van der Waals surface area contributed by atoms with Gasteiger partial charge in [-0.2, -0.15) is 5.10 Å². The quantitative estimate of drug-likeness (QED) is 0.624. The molecule has 0 saturated carbocycles. The molecule has 1 amide bonds. The zero-order chi connectivity index (χ0) is 22.1. The summed E-state index contributed by atoms with van der Waals surface area (Å²) in [5.74, 6) is -0.732. The number of aromatic nitrogens is 3. The summed E-state index contributed by atoms with van der Waals surface area (Å²) in [7, 11) is 0. The maximum Gasteiger partial charge on any atom is 0.272 e. The zero-order valence-corrected chi connectivity index (χ0v) is 17.9. The van der Waals surface area contributed by atoms with Crippen molar-refractivity contribution in [3.63, 3.8) is 0 Å². The molecule has 1 saturated heterocycles. The number of hydrogen-bond acceptors (Lipinski definition) is 5. The van der Waals surface area contributed by atoms with Crippen LogP contribution in [0.4, 0.5) is 4.39 Å². The molecule has 2 unspecified atom stereocenters. The first-order valence-corrected chi connectivity index (χ1v) is 10.8. The molecule has 31 heavy (non-hydrogen) atoms. The summed E-state index contributed by atoms with van der Waals surface area (Å²) in [6, 6.07) is 8.44. The molecule has 1 aliphatic heterocycles. The van der Waals surface area contributed by atoms with Gasteiger partial charge >= 0.3 is 0 Å². The fourth-order valence-corrected chi connectivity index (χ4v) is 4.16. The van der Waals surface area contributed by atoms with Gasteiger partial charge in [-0.3, -0.25) is 4.79 Å². The van der Waals surface area contributed by atoms with Gasteiger partial charge in [0.1, 0.15) is 17.6 Å². The van der Waals surface area contributed by atoms with Crippen molar-refractivity contribution in [2.45, 2.75) is 58.2 Å². The number of nitrogens with zero attached hydrogens (tertiary/aromatic N) is 4. The second-order valence-electron chi connectivity index (χ2n) is 8.15. The Morgan fingerprint density at radius 1 is 1.29 bits per heavy atom. The minimum absolute atomic E-state index is 0.0445. The number of hydrogen-bond donors (Lipinski definition) is 2. The van der Waals surface area contributed by atoms with E-state index in [-0.39, 0.29) is 29.0 Å². The molecule has 7 nitrogen and oxygen atoms in total. The number of nitrogens with two attached hydrogens (primary N) is 1. The van der Waals surface area contributed by atoms with Crippen LogP contribution in [0.25, 0.3) is 16.9 Å². The summed E-state index contributed by atoms with van der Waals surface area (Å²) in [6.07, 6.45) is 3.64. The van der Waals surface area contributed by atoms with E-state index >= 15 is 4.39 Å². The summed E-state index contributed by atoms with van der Waals surface area (Å²) in [6.45, 7) is 4.69. The number of aliphatic hydroxyl groups excluding tert-OH is 1. The normalized spacial score (nSPS) is 18.2. The lowest BCUT2D eigenvalue weighted by molar-refractivity contribution is 0.0691. The van der Waals surface area contributed by atoms with Crippen LogP contribution < -0.4 is 5.73 Å². The standard InChI is InChI=1S/C23H28FN5O2/c1-3-17-13-18(23(31)28-12-6-4-5-7-14(28)2)26-22-19(24)20(27-29(17)22)15-8-10-16(11-9-15)21(25)30/h8-11,13-14,21,30H,3-7,12,25H2,1-2H3. The van der Waals surface area contributed by atoms with Gasteiger partial charge in [0.15, 0.2) is 11.5 Å². The fraction of sp³-hybridized carbons (Fsp3) is 0.435. The summed E-state index contributed by atoms with van der Waals surface area (Å²) < 4.78 is 16.8. The minimum atomic E-state index is -1.09. The van der Waals surface area contributed by atoms with Gasteiger partial charge in [-0.15, -0.1) is 0 Å². The number of likely N-dealkylation sites (tertiary alicyclic amines) is 1. The molecule has 8 heteroatoms. The largest absolute Gasteiger partial charge is 0.375 e. The number of carbonyl (C=O) groups is 1. The van der Waals surface area contributed by atoms with Crippen LogP contribution in [0.15, 0.2) is 30.3 Å². The van der Waals surface area contributed by atoms with Gasteiger partial charge in [0.25, 0.3) is 5.91 Å². The molecular weight excluding hydrogens is 397 g/mol. The van der Waals surface area contributed by atoms with Crippen LogP contribution in [0, 0.1) is 5.82 Å². The lowest BCUT2D eigenvalue weighted by Gasteiger charge is -2.27. The van der Waals surface area contributed by atoms with Crippen molar-refractivity contribution in [2.24, 2.45) is 5.73 Å². The topological polar surface area (TPSA) is 96.8 Å². The predicted octanol–water partition coefficient (Wildman–Crippen LogP) is 3.45. The first kappa shape index (κ1) is 21.4. The average molecular weight is 426 g/mol. The van der Waals surface area contributed by atoms with E-state index in [9.17, 15) is 9.90 Å². The van der Waals surface area contributed by atoms with Crippen molar-refractivity contribution >= 4 is 11.6 Å². The summed E-state index contributed by atoms with van der Waals surface area (Å²) in [5.41, 5.74) is 7.71. The van der Waals surface area contributed by atoms with Gasteiger partial charge in [0.05, 0.1) is 0 Å². The van der Waals surface area contributed by atoms with Crippen LogP contribution in [0.1, 0.15) is 67.5 Å². The number of benzene rings is 1. The van der Waals surface area contributed by atoms with Crippen molar-refractivity contribution in [2.75, 3.05) is 6.54 Å². The van der Waals surface area contributed by atoms with Crippen LogP contribution in [0.2, 0.25) is 0 Å². The second-order valence-corrected chi connectivity index (χ2v) is 8.15. The van der Waals surface area contributed by atoms with E-state index < -0.39 is 12.0 Å². The lowest BCUT2D eigenvalue weighted by atomic mass is 10.1. The van der Waals surface area contributed by atoms with Gasteiger partial charge in [-0.1, -0.05) is 44.0 Å². The summed E-state index contributed by atoms with van der Waals surface area (Å²) in [5, 5.41) is 13.9. The average Bonchev–Trinajstić information content (AvgIpc) is 2.95. The highest BCUT2D eigenvalue weighted by atomic mass is 19.1. The molecule has 1 aromatic carbocycles. The number of carbonyl (C=O) groups excluding carboxylic acids is 1. The SMILES string of the molecule is CCc1cc(C(=O)N2CCCCCC2C)nc2c(F)c(-c3ccc(C(N)O)cc3)nn12. The van der Waals surface area contributed by atoms with Crippen molar-refractivity contribution in [3.05, 3.63) is 53.1 Å². The van der Waals surface area contributed by atoms with Crippen LogP contribution in [-0.4, -0.2) is 43.1 Å². The van der Waals surface area contributed by atoms with E-state index in [1.807, 2.05) is 11.8 Å². The predicted molar refractivity (Wildman–Crippen MR) is 116 cm³/mol. The summed E-state index contributed by atoms with van der Waals surface area (Å²) >= 11 is 0. The van der Waals surface area contributed by atoms with E-state index in [1.54, 1.807) is 30.3 Å². The third-order valence-corrected chi connectivity index (χ3v) is 6.03. The number of amides is 1. The van der Waals surface area contributed by atoms with Crippen LogP contribution in [0.5, 0.6) is 0 Å². The van der Waals surface area contributed by atoms with Gasteiger partial charge in [0.2, 0.25) is 0 Å². The van der Waals surface area contributed by atoms with E-state index in [0.29, 0.717) is 24.1 Å². The van der Waals surface area contributed by atoms with E-state index in [2.05, 4.69) is 17.0 Å². The van der Waals surface area contributed by atoms with Gasteiger partial charge in [-0.05, 0) is 37.8 Å². The number of aliphatic hydroxyl groups is 1. The first-order valence-electron chi connectivity index (χ1n) is 10.8. The lowest BCUT2D eigenvalue weighted by Crippen LogP contribution is -2.38. The second kappa shape index (κ2) is 8.72. The molecule has 0 bridgehead atoms. The Bertz CT molecular complexity index is 1090. The van der Waals surface area contributed by atoms with Crippen molar-refractivity contribution in [1.82, 2.24) is 19.5 Å². The Kier molecular flexibility index (Phi) is 6.02. The maximum atomic E-state index is 15.4. The monoisotopic (exact) mass is 425 g/mol. The molecule has 0 spiro atoms. The Morgan fingerprint density at radius 3 is 2.71 bits per heavy atom. The number of aryl methyl sites for hydroxylation is 1. The van der Waals surface area contributed by atoms with Crippen molar-refractivity contribution in [3.8, 4) is 11.3 Å². The number of rotatable bonds is 4. The molecule has 1 fully saturated rings. The molecule has 2 atom stereocenters. The van der Waals surface area contributed by atoms with Gasteiger partial charge in [0, 0.05) is 23.8 Å². The molecule has 0 radical (unpaired) electrons. The van der Waals surface area contributed by atoms with Crippen LogP contribution in [0.3, 0.4) is 0 Å². The zero-order valence-electron chi connectivity index (χ0n) is 17.9. The highest BCUT2D eigenvalue weighted by molar-refractivity contribution is 5.93. The summed E-state index contributed by atoms with van der Waals surface area (Å²) in [4.78, 5) is 19.5. The number of halogens is 1. The fourth-order valence-electron chi connectivity index (χ4n) is 4.16. The van der Waals surface area contributed by atoms with Crippen LogP contribution in [-0.2, 0) is 6.42 Å². The molecular formula is C23H28FN5O2. The van der Waals surface area contributed by atoms with Crippen molar-refractivity contribution < 1.29 is 14.3 Å². The Balaban J connectivity index is 1.76. The molecule has 3 aromatic rings. The Morgan fingerprint density at radius 2 is 2.03 bits per heavy atom. The molecule has 3 heterocycles. The highest BCUT2D eigenvalue weighted by Crippen LogP contribution is 2.27. The third kappa shape index (κ3) is 4.05. The molecule has 0 aliphatic carbocycles. The highest BCUT2D eigenvalue weighted by Gasteiger charge is 2.26. The Labute approximate surface area is 180 Å². The van der Waals surface area contributed by atoms with Crippen molar-refractivity contribution in [1.29, 1.82) is 0 Å². The minimum Gasteiger partial charge on any atom is -0.375 e. The van der Waals surface area contributed by atoms with Crippen LogP contribution >= 0.6 is 0 Å². The Hall–Kier alpha value is -2.84. The van der Waals surface area contributed by atoms with E-state index in [4.69, 9.17) is 5.73 Å².